The first-order chi connectivity index (χ1) is 12.4. The van der Waals surface area contributed by atoms with Crippen molar-refractivity contribution in [2.75, 3.05) is 5.32 Å². The SMILES string of the molecule is O=C(c1ccccc1O)c1ccc(F)c(F)c1Nc1ccc(I)cc1F. The molecule has 3 rings (SSSR count). The molecule has 132 valence electrons. The molecule has 3 aromatic carbocycles. The molecule has 0 aromatic heterocycles. The fourth-order valence-electron chi connectivity index (χ4n) is 2.40. The Morgan fingerprint density at radius 1 is 0.923 bits per heavy atom. The number of benzene rings is 3. The third kappa shape index (κ3) is 3.52. The molecule has 2 N–H and O–H groups in total. The third-order valence-corrected chi connectivity index (χ3v) is 4.35. The van der Waals surface area contributed by atoms with Crippen LogP contribution in [0.3, 0.4) is 0 Å². The van der Waals surface area contributed by atoms with E-state index in [1.54, 1.807) is 6.07 Å². The molecular weight excluding hydrogens is 458 g/mol. The molecule has 0 fully saturated rings. The van der Waals surface area contributed by atoms with Gasteiger partial charge in [0.15, 0.2) is 17.4 Å². The highest BCUT2D eigenvalue weighted by atomic mass is 127. The van der Waals surface area contributed by atoms with Gasteiger partial charge in [-0.3, -0.25) is 4.79 Å². The fraction of sp³-hybridized carbons (Fsp3) is 0. The molecule has 7 heteroatoms. The summed E-state index contributed by atoms with van der Waals surface area (Å²) in [7, 11) is 0. The highest BCUT2D eigenvalue weighted by molar-refractivity contribution is 14.1. The summed E-state index contributed by atoms with van der Waals surface area (Å²) in [5.41, 5.74) is -0.924. The third-order valence-electron chi connectivity index (χ3n) is 3.68. The second-order valence-corrected chi connectivity index (χ2v) is 6.63. The zero-order valence-corrected chi connectivity index (χ0v) is 15.2. The Morgan fingerprint density at radius 3 is 2.35 bits per heavy atom. The van der Waals surface area contributed by atoms with Gasteiger partial charge in [0, 0.05) is 9.13 Å². The summed E-state index contributed by atoms with van der Waals surface area (Å²) in [4.78, 5) is 12.7. The van der Waals surface area contributed by atoms with Crippen LogP contribution in [0, 0.1) is 21.0 Å². The fourth-order valence-corrected chi connectivity index (χ4v) is 2.85. The molecule has 0 unspecified atom stereocenters. The van der Waals surface area contributed by atoms with E-state index in [1.165, 1.54) is 36.4 Å². The summed E-state index contributed by atoms with van der Waals surface area (Å²) in [6.07, 6.45) is 0. The van der Waals surface area contributed by atoms with Gasteiger partial charge >= 0.3 is 0 Å². The Morgan fingerprint density at radius 2 is 1.65 bits per heavy atom. The number of para-hydroxylation sites is 1. The predicted molar refractivity (Wildman–Crippen MR) is 100 cm³/mol. The molecule has 3 aromatic rings. The zero-order chi connectivity index (χ0) is 18.8. The van der Waals surface area contributed by atoms with Gasteiger partial charge in [0.05, 0.1) is 16.9 Å². The molecule has 0 saturated heterocycles. The summed E-state index contributed by atoms with van der Waals surface area (Å²) < 4.78 is 42.8. The van der Waals surface area contributed by atoms with Crippen molar-refractivity contribution in [3.63, 3.8) is 0 Å². The van der Waals surface area contributed by atoms with Crippen molar-refractivity contribution in [2.24, 2.45) is 0 Å². The smallest absolute Gasteiger partial charge is 0.198 e. The average Bonchev–Trinajstić information content (AvgIpc) is 2.61. The number of carbonyl (C=O) groups excluding carboxylic acids is 1. The molecule has 0 saturated carbocycles. The van der Waals surface area contributed by atoms with Gasteiger partial charge in [-0.15, -0.1) is 0 Å². The standard InChI is InChI=1S/C19H11F3INO2/c20-13-7-6-12(19(26)11-3-1-2-4-16(11)25)18(17(13)22)24-15-8-5-10(23)9-14(15)21/h1-9,24-25H. The number of phenols is 1. The van der Waals surface area contributed by atoms with Crippen LogP contribution < -0.4 is 5.32 Å². The number of hydrogen-bond acceptors (Lipinski definition) is 3. The maximum absolute atomic E-state index is 14.4. The van der Waals surface area contributed by atoms with Crippen molar-refractivity contribution in [3.05, 3.63) is 86.7 Å². The van der Waals surface area contributed by atoms with Crippen molar-refractivity contribution in [2.45, 2.75) is 0 Å². The number of halogens is 4. The Labute approximate surface area is 160 Å². The van der Waals surface area contributed by atoms with Gasteiger partial charge in [-0.1, -0.05) is 12.1 Å². The van der Waals surface area contributed by atoms with E-state index < -0.39 is 28.9 Å². The molecule has 3 nitrogen and oxygen atoms in total. The van der Waals surface area contributed by atoms with Crippen LogP contribution in [0.25, 0.3) is 0 Å². The van der Waals surface area contributed by atoms with Crippen LogP contribution in [-0.2, 0) is 0 Å². The average molecular weight is 469 g/mol. The topological polar surface area (TPSA) is 49.3 Å². The summed E-state index contributed by atoms with van der Waals surface area (Å²) in [5.74, 6) is -4.21. The van der Waals surface area contributed by atoms with Crippen molar-refractivity contribution < 1.29 is 23.1 Å². The molecule has 0 bridgehead atoms. The van der Waals surface area contributed by atoms with E-state index in [4.69, 9.17) is 0 Å². The first kappa shape index (κ1) is 18.2. The number of phenolic OH excluding ortho intramolecular Hbond substituents is 1. The van der Waals surface area contributed by atoms with Gasteiger partial charge in [0.25, 0.3) is 0 Å². The van der Waals surface area contributed by atoms with Gasteiger partial charge in [0.1, 0.15) is 11.6 Å². The van der Waals surface area contributed by atoms with Crippen LogP contribution in [0.5, 0.6) is 5.75 Å². The Kier molecular flexibility index (Phi) is 5.17. The zero-order valence-electron chi connectivity index (χ0n) is 13.1. The van der Waals surface area contributed by atoms with E-state index in [-0.39, 0.29) is 22.6 Å². The quantitative estimate of drug-likeness (QED) is 0.398. The molecule has 26 heavy (non-hydrogen) atoms. The van der Waals surface area contributed by atoms with Gasteiger partial charge in [0.2, 0.25) is 0 Å². The van der Waals surface area contributed by atoms with E-state index in [1.807, 2.05) is 22.6 Å². The maximum atomic E-state index is 14.4. The summed E-state index contributed by atoms with van der Waals surface area (Å²) in [6, 6.07) is 11.7. The van der Waals surface area contributed by atoms with Gasteiger partial charge in [-0.05, 0) is 65.1 Å². The lowest BCUT2D eigenvalue weighted by Crippen LogP contribution is -2.09. The van der Waals surface area contributed by atoms with E-state index in [2.05, 4.69) is 5.32 Å². The minimum absolute atomic E-state index is 0.0790. The highest BCUT2D eigenvalue weighted by Crippen LogP contribution is 2.31. The molecule has 0 spiro atoms. The van der Waals surface area contributed by atoms with Crippen molar-refractivity contribution in [3.8, 4) is 5.75 Å². The maximum Gasteiger partial charge on any atom is 0.198 e. The van der Waals surface area contributed by atoms with Crippen LogP contribution in [-0.4, -0.2) is 10.9 Å². The van der Waals surface area contributed by atoms with Gasteiger partial charge < -0.3 is 10.4 Å². The number of nitrogens with one attached hydrogen (secondary N) is 1. The minimum Gasteiger partial charge on any atom is -0.507 e. The van der Waals surface area contributed by atoms with E-state index >= 15 is 0 Å². The van der Waals surface area contributed by atoms with Gasteiger partial charge in [-0.2, -0.15) is 0 Å². The van der Waals surface area contributed by atoms with Crippen LogP contribution >= 0.6 is 22.6 Å². The largest absolute Gasteiger partial charge is 0.507 e. The van der Waals surface area contributed by atoms with Crippen LogP contribution in [0.2, 0.25) is 0 Å². The molecule has 0 aliphatic carbocycles. The Bertz CT molecular complexity index is 1010. The Balaban J connectivity index is 2.11. The van der Waals surface area contributed by atoms with Crippen LogP contribution in [0.4, 0.5) is 24.5 Å². The van der Waals surface area contributed by atoms with Crippen molar-refractivity contribution >= 4 is 39.7 Å². The number of ketones is 1. The Hall–Kier alpha value is -2.55. The molecule has 0 aliphatic heterocycles. The molecule has 0 aliphatic rings. The second kappa shape index (κ2) is 7.36. The van der Waals surface area contributed by atoms with E-state index in [9.17, 15) is 23.1 Å². The van der Waals surface area contributed by atoms with Gasteiger partial charge in [-0.25, -0.2) is 13.2 Å². The number of aromatic hydroxyl groups is 1. The van der Waals surface area contributed by atoms with Crippen LogP contribution in [0.15, 0.2) is 54.6 Å². The van der Waals surface area contributed by atoms with Crippen LogP contribution in [0.1, 0.15) is 15.9 Å². The first-order valence-corrected chi connectivity index (χ1v) is 8.49. The monoisotopic (exact) mass is 469 g/mol. The van der Waals surface area contributed by atoms with Crippen molar-refractivity contribution in [1.29, 1.82) is 0 Å². The predicted octanol–water partition coefficient (Wildman–Crippen LogP) is 5.39. The highest BCUT2D eigenvalue weighted by Gasteiger charge is 2.22. The normalized spacial score (nSPS) is 10.6. The number of hydrogen-bond donors (Lipinski definition) is 2. The van der Waals surface area contributed by atoms with Crippen molar-refractivity contribution in [1.82, 2.24) is 0 Å². The summed E-state index contributed by atoms with van der Waals surface area (Å²) >= 11 is 1.91. The second-order valence-electron chi connectivity index (χ2n) is 5.38. The number of anilines is 2. The summed E-state index contributed by atoms with van der Waals surface area (Å²) in [5, 5.41) is 12.3. The van der Waals surface area contributed by atoms with E-state index in [0.29, 0.717) is 3.57 Å². The molecule has 0 atom stereocenters. The number of rotatable bonds is 4. The molecule has 0 radical (unpaired) electrons. The lowest BCUT2D eigenvalue weighted by Gasteiger charge is -2.14. The molecular formula is C19H11F3INO2. The lowest BCUT2D eigenvalue weighted by molar-refractivity contribution is 0.103. The number of carbonyl (C=O) groups is 1. The molecule has 0 amide bonds. The minimum atomic E-state index is -1.32. The lowest BCUT2D eigenvalue weighted by atomic mass is 10.00. The summed E-state index contributed by atoms with van der Waals surface area (Å²) in [6.45, 7) is 0. The first-order valence-electron chi connectivity index (χ1n) is 7.41. The molecule has 0 heterocycles. The van der Waals surface area contributed by atoms with E-state index in [0.717, 1.165) is 12.1 Å².